The van der Waals surface area contributed by atoms with E-state index >= 15 is 0 Å². The molecule has 100 valence electrons. The monoisotopic (exact) mass is 291 g/mol. The van der Waals surface area contributed by atoms with Crippen molar-refractivity contribution in [1.82, 2.24) is 0 Å². The van der Waals surface area contributed by atoms with Crippen molar-refractivity contribution in [2.75, 3.05) is 12.9 Å². The third-order valence-electron chi connectivity index (χ3n) is 2.07. The van der Waals surface area contributed by atoms with E-state index in [2.05, 4.69) is 4.74 Å². The van der Waals surface area contributed by atoms with Gasteiger partial charge in [-0.15, -0.1) is 23.1 Å². The van der Waals surface area contributed by atoms with Crippen molar-refractivity contribution in [3.63, 3.8) is 0 Å². The van der Waals surface area contributed by atoms with Crippen LogP contribution in [0.5, 0.6) is 0 Å². The predicted octanol–water partition coefficient (Wildman–Crippen LogP) is 2.36. The van der Waals surface area contributed by atoms with Crippen LogP contribution in [0, 0.1) is 10.1 Å². The van der Waals surface area contributed by atoms with Gasteiger partial charge in [-0.3, -0.25) is 14.9 Å². The standard InChI is InChI=1S/C10H13NO5S2/c1-6(12)8-5-7(11(14)15)10(18-8)17-4-3-9(13)16-2/h5-6,12H,3-4H2,1-2H3. The first-order valence-corrected chi connectivity index (χ1v) is 6.91. The third kappa shape index (κ3) is 3.97. The molecule has 0 saturated carbocycles. The van der Waals surface area contributed by atoms with Crippen molar-refractivity contribution in [3.05, 3.63) is 21.1 Å². The summed E-state index contributed by atoms with van der Waals surface area (Å²) in [5.41, 5.74) is -0.0224. The molecule has 0 amide bonds. The molecule has 0 aliphatic rings. The van der Waals surface area contributed by atoms with E-state index in [4.69, 9.17) is 0 Å². The van der Waals surface area contributed by atoms with Crippen molar-refractivity contribution in [2.45, 2.75) is 23.7 Å². The minimum atomic E-state index is -0.733. The number of aliphatic hydroxyl groups is 1. The molecule has 0 spiro atoms. The van der Waals surface area contributed by atoms with Gasteiger partial charge in [0.2, 0.25) is 0 Å². The first-order chi connectivity index (χ1) is 8.45. The second kappa shape index (κ2) is 6.72. The number of ether oxygens (including phenoxy) is 1. The predicted molar refractivity (Wildman–Crippen MR) is 69.0 cm³/mol. The molecular formula is C10H13NO5S2. The van der Waals surface area contributed by atoms with Crippen molar-refractivity contribution in [2.24, 2.45) is 0 Å². The van der Waals surface area contributed by atoms with Crippen molar-refractivity contribution < 1.29 is 19.6 Å². The quantitative estimate of drug-likeness (QED) is 0.374. The summed E-state index contributed by atoms with van der Waals surface area (Å²) >= 11 is 2.40. The lowest BCUT2D eigenvalue weighted by Crippen LogP contribution is -2.00. The summed E-state index contributed by atoms with van der Waals surface area (Å²) in [5, 5.41) is 20.2. The highest BCUT2D eigenvalue weighted by atomic mass is 32.2. The largest absolute Gasteiger partial charge is 0.469 e. The fraction of sp³-hybridized carbons (Fsp3) is 0.500. The maximum Gasteiger partial charge on any atom is 0.306 e. The zero-order valence-corrected chi connectivity index (χ0v) is 11.5. The molecule has 1 atom stereocenters. The van der Waals surface area contributed by atoms with Gasteiger partial charge in [0.1, 0.15) is 4.21 Å². The van der Waals surface area contributed by atoms with Gasteiger partial charge < -0.3 is 9.84 Å². The topological polar surface area (TPSA) is 89.7 Å². The Bertz CT molecular complexity index is 443. The first kappa shape index (κ1) is 14.9. The molecule has 1 aromatic rings. The molecule has 0 radical (unpaired) electrons. The van der Waals surface area contributed by atoms with E-state index in [1.165, 1.54) is 36.3 Å². The molecule has 18 heavy (non-hydrogen) atoms. The van der Waals surface area contributed by atoms with Crippen LogP contribution < -0.4 is 0 Å². The Labute approximate surface area is 112 Å². The number of thiophene rings is 1. The lowest BCUT2D eigenvalue weighted by molar-refractivity contribution is -0.387. The Morgan fingerprint density at radius 3 is 2.89 bits per heavy atom. The minimum Gasteiger partial charge on any atom is -0.469 e. The fourth-order valence-corrected chi connectivity index (χ4v) is 3.45. The zero-order valence-electron chi connectivity index (χ0n) is 9.91. The number of methoxy groups -OCH3 is 1. The normalized spacial score (nSPS) is 12.2. The fourth-order valence-electron chi connectivity index (χ4n) is 1.15. The third-order valence-corrected chi connectivity index (χ3v) is 4.65. The van der Waals surface area contributed by atoms with Gasteiger partial charge in [-0.25, -0.2) is 0 Å². The number of carbonyl (C=O) groups is 1. The van der Waals surface area contributed by atoms with Gasteiger partial charge in [0.15, 0.2) is 0 Å². The van der Waals surface area contributed by atoms with Crippen molar-refractivity contribution >= 4 is 34.8 Å². The second-order valence-electron chi connectivity index (χ2n) is 3.43. The van der Waals surface area contributed by atoms with Crippen LogP contribution in [0.1, 0.15) is 24.3 Å². The molecule has 0 fully saturated rings. The number of nitrogens with zero attached hydrogens (tertiary/aromatic N) is 1. The minimum absolute atomic E-state index is 0.0224. The molecule has 6 nitrogen and oxygen atoms in total. The molecule has 8 heteroatoms. The van der Waals surface area contributed by atoms with Gasteiger partial charge >= 0.3 is 5.97 Å². The number of aliphatic hydroxyl groups excluding tert-OH is 1. The van der Waals surface area contributed by atoms with Crippen LogP contribution >= 0.6 is 23.1 Å². The number of rotatable bonds is 6. The number of esters is 1. The van der Waals surface area contributed by atoms with Crippen LogP contribution in [0.4, 0.5) is 5.69 Å². The molecule has 0 aliphatic carbocycles. The summed E-state index contributed by atoms with van der Waals surface area (Å²) in [6, 6.07) is 1.37. The summed E-state index contributed by atoms with van der Waals surface area (Å²) in [7, 11) is 1.30. The highest BCUT2D eigenvalue weighted by molar-refractivity contribution is 8.01. The number of thioether (sulfide) groups is 1. The lowest BCUT2D eigenvalue weighted by Gasteiger charge is -1.98. The molecule has 0 saturated heterocycles. The summed E-state index contributed by atoms with van der Waals surface area (Å²) in [6.45, 7) is 1.55. The van der Waals surface area contributed by atoms with E-state index in [0.717, 1.165) is 0 Å². The first-order valence-electron chi connectivity index (χ1n) is 5.11. The van der Waals surface area contributed by atoms with E-state index in [1.54, 1.807) is 6.92 Å². The van der Waals surface area contributed by atoms with Gasteiger partial charge in [-0.1, -0.05) is 0 Å². The van der Waals surface area contributed by atoms with Crippen LogP contribution in [-0.2, 0) is 9.53 Å². The number of nitro groups is 1. The van der Waals surface area contributed by atoms with Crippen LogP contribution in [0.25, 0.3) is 0 Å². The lowest BCUT2D eigenvalue weighted by atomic mass is 10.3. The molecular weight excluding hydrogens is 278 g/mol. The molecule has 0 aromatic carbocycles. The smallest absolute Gasteiger partial charge is 0.306 e. The van der Waals surface area contributed by atoms with Crippen LogP contribution in [0.3, 0.4) is 0 Å². The maximum absolute atomic E-state index is 10.9. The molecule has 1 heterocycles. The van der Waals surface area contributed by atoms with Gasteiger partial charge in [-0.2, -0.15) is 0 Å². The Morgan fingerprint density at radius 1 is 1.72 bits per heavy atom. The second-order valence-corrected chi connectivity index (χ2v) is 5.88. The average molecular weight is 291 g/mol. The van der Waals surface area contributed by atoms with Crippen LogP contribution in [0.2, 0.25) is 0 Å². The molecule has 1 unspecified atom stereocenters. The molecule has 0 bridgehead atoms. The SMILES string of the molecule is COC(=O)CCSc1sc(C(C)O)cc1[N+](=O)[O-]. The Kier molecular flexibility index (Phi) is 5.57. The van der Waals surface area contributed by atoms with Gasteiger partial charge in [0, 0.05) is 16.7 Å². The van der Waals surface area contributed by atoms with E-state index in [0.29, 0.717) is 14.8 Å². The zero-order chi connectivity index (χ0) is 13.7. The number of hydrogen-bond acceptors (Lipinski definition) is 7. The Hall–Kier alpha value is -1.12. The molecule has 1 aromatic heterocycles. The molecule has 0 aliphatic heterocycles. The van der Waals surface area contributed by atoms with E-state index in [-0.39, 0.29) is 18.1 Å². The highest BCUT2D eigenvalue weighted by Gasteiger charge is 2.21. The van der Waals surface area contributed by atoms with Crippen molar-refractivity contribution in [3.8, 4) is 0 Å². The Balaban J connectivity index is 2.74. The molecule has 1 N–H and O–H groups in total. The number of hydrogen-bond donors (Lipinski definition) is 1. The molecule has 1 rings (SSSR count). The van der Waals surface area contributed by atoms with E-state index in [1.807, 2.05) is 0 Å². The average Bonchev–Trinajstić information content (AvgIpc) is 2.73. The van der Waals surface area contributed by atoms with E-state index < -0.39 is 11.0 Å². The maximum atomic E-state index is 10.9. The number of carbonyl (C=O) groups excluding carboxylic acids is 1. The summed E-state index contributed by atoms with van der Waals surface area (Å²) in [4.78, 5) is 21.8. The van der Waals surface area contributed by atoms with Gasteiger partial charge in [0.05, 0.1) is 24.6 Å². The summed E-state index contributed by atoms with van der Waals surface area (Å²) in [6.07, 6.45) is -0.538. The van der Waals surface area contributed by atoms with Gasteiger partial charge in [-0.05, 0) is 6.92 Å². The van der Waals surface area contributed by atoms with E-state index in [9.17, 15) is 20.0 Å². The van der Waals surface area contributed by atoms with Crippen molar-refractivity contribution in [1.29, 1.82) is 0 Å². The summed E-state index contributed by atoms with van der Waals surface area (Å²) in [5.74, 6) is 0.0604. The highest BCUT2D eigenvalue weighted by Crippen LogP contribution is 2.39. The van der Waals surface area contributed by atoms with Gasteiger partial charge in [0.25, 0.3) is 5.69 Å². The van der Waals surface area contributed by atoms with Crippen LogP contribution in [-0.4, -0.2) is 28.9 Å². The van der Waals surface area contributed by atoms with Crippen LogP contribution in [0.15, 0.2) is 10.3 Å². The Morgan fingerprint density at radius 2 is 2.39 bits per heavy atom. The summed E-state index contributed by atoms with van der Waals surface area (Å²) < 4.78 is 4.99.